The molecule has 146 valence electrons. The Morgan fingerprint density at radius 2 is 1.10 bits per heavy atom. The molecule has 2 aromatic rings. The van der Waals surface area contributed by atoms with Gasteiger partial charge in [0.25, 0.3) is 0 Å². The molecule has 0 aliphatic carbocycles. The Bertz CT molecular complexity index is 1150. The van der Waals surface area contributed by atoms with Crippen LogP contribution in [0.2, 0.25) is 0 Å². The highest BCUT2D eigenvalue weighted by Crippen LogP contribution is 2.14. The fourth-order valence-corrected chi connectivity index (χ4v) is 4.37. The quantitative estimate of drug-likeness (QED) is 0.437. The van der Waals surface area contributed by atoms with E-state index in [-0.39, 0.29) is 12.1 Å². The van der Waals surface area contributed by atoms with Gasteiger partial charge in [-0.15, -0.1) is 0 Å². The number of hydrogen-bond donors (Lipinski definition) is 4. The van der Waals surface area contributed by atoms with E-state index in [9.17, 15) is 0 Å². The predicted octanol–water partition coefficient (Wildman–Crippen LogP) is -1.07. The Morgan fingerprint density at radius 3 is 1.62 bits per heavy atom. The predicted molar refractivity (Wildman–Crippen MR) is 115 cm³/mol. The van der Waals surface area contributed by atoms with E-state index in [1.807, 2.05) is 0 Å². The second-order valence-corrected chi connectivity index (χ2v) is 8.00. The molecule has 4 aliphatic rings. The van der Waals surface area contributed by atoms with Crippen LogP contribution in [0.5, 0.6) is 0 Å². The van der Waals surface area contributed by atoms with Gasteiger partial charge in [-0.05, 0) is 36.4 Å². The maximum absolute atomic E-state index is 3.69. The third kappa shape index (κ3) is 3.37. The average Bonchev–Trinajstić information content (AvgIpc) is 3.50. The zero-order valence-corrected chi connectivity index (χ0v) is 16.0. The normalized spacial score (nSPS) is 34.2. The molecule has 29 heavy (non-hydrogen) atoms. The van der Waals surface area contributed by atoms with Crippen molar-refractivity contribution in [2.75, 3.05) is 6.67 Å². The molecule has 6 rings (SSSR count). The summed E-state index contributed by atoms with van der Waals surface area (Å²) in [7, 11) is 0. The maximum Gasteiger partial charge on any atom is 0.0979 e. The molecule has 4 unspecified atom stereocenters. The summed E-state index contributed by atoms with van der Waals surface area (Å²) < 4.78 is 0. The van der Waals surface area contributed by atoms with Crippen molar-refractivity contribution in [3.63, 3.8) is 0 Å². The van der Waals surface area contributed by atoms with Crippen LogP contribution < -0.4 is 32.0 Å². The van der Waals surface area contributed by atoms with E-state index < -0.39 is 0 Å². The molecule has 0 aromatic carbocycles. The molecule has 10 bridgehead atoms. The van der Waals surface area contributed by atoms with Crippen LogP contribution in [0.25, 0.3) is 24.6 Å². The molecule has 4 aliphatic heterocycles. The average molecular weight is 384 g/mol. The van der Waals surface area contributed by atoms with Crippen molar-refractivity contribution in [2.24, 2.45) is 0 Å². The molecule has 4 atom stereocenters. The molecule has 6 heteroatoms. The maximum atomic E-state index is 3.69. The Hall–Kier alpha value is -3.22. The van der Waals surface area contributed by atoms with Crippen molar-refractivity contribution in [1.29, 1.82) is 0 Å². The number of rotatable bonds is 0. The van der Waals surface area contributed by atoms with Crippen molar-refractivity contribution >= 4 is 24.6 Å². The van der Waals surface area contributed by atoms with Gasteiger partial charge in [0.05, 0.1) is 17.4 Å². The van der Waals surface area contributed by atoms with Crippen molar-refractivity contribution in [3.8, 4) is 0 Å². The second kappa shape index (κ2) is 6.69. The lowest BCUT2D eigenvalue weighted by Gasteiger charge is -2.20. The second-order valence-electron chi connectivity index (χ2n) is 8.00. The molecule has 2 aromatic heterocycles. The van der Waals surface area contributed by atoms with Gasteiger partial charge >= 0.3 is 0 Å². The van der Waals surface area contributed by atoms with E-state index in [2.05, 4.69) is 116 Å². The van der Waals surface area contributed by atoms with Gasteiger partial charge in [-0.1, -0.05) is 24.3 Å². The van der Waals surface area contributed by atoms with Gasteiger partial charge in [-0.3, -0.25) is 10.6 Å². The molecule has 6 nitrogen and oxygen atoms in total. The minimum Gasteiger partial charge on any atom is -0.355 e. The van der Waals surface area contributed by atoms with Gasteiger partial charge in [-0.25, -0.2) is 0 Å². The minimum atomic E-state index is 0.231. The monoisotopic (exact) mass is 384 g/mol. The Kier molecular flexibility index (Phi) is 3.85. The number of nitrogens with one attached hydrogen (secondary N) is 4. The highest BCUT2D eigenvalue weighted by Gasteiger charge is 2.27. The summed E-state index contributed by atoms with van der Waals surface area (Å²) >= 11 is 0. The number of aromatic nitrogens is 2. The molecule has 0 spiro atoms. The van der Waals surface area contributed by atoms with Crippen LogP contribution in [-0.4, -0.2) is 50.6 Å². The van der Waals surface area contributed by atoms with Crippen LogP contribution >= 0.6 is 0 Å². The summed E-state index contributed by atoms with van der Waals surface area (Å²) in [4.78, 5) is 11.3. The third-order valence-electron chi connectivity index (χ3n) is 5.77. The van der Waals surface area contributed by atoms with Crippen LogP contribution in [0.4, 0.5) is 0 Å². The summed E-state index contributed by atoms with van der Waals surface area (Å²) in [6, 6.07) is 9.57. The summed E-state index contributed by atoms with van der Waals surface area (Å²) in [5.74, 6) is 0. The third-order valence-corrected chi connectivity index (χ3v) is 5.77. The van der Waals surface area contributed by atoms with Crippen molar-refractivity contribution < 1.29 is 0 Å². The van der Waals surface area contributed by atoms with Crippen LogP contribution in [0, 0.1) is 0 Å². The van der Waals surface area contributed by atoms with E-state index in [1.54, 1.807) is 0 Å². The molecule has 0 radical (unpaired) electrons. The fraction of sp³-hybridized carbons (Fsp3) is 0.217. The largest absolute Gasteiger partial charge is 0.355 e. The first-order chi connectivity index (χ1) is 14.3. The molecular formula is C23H24N6. The Labute approximate surface area is 168 Å². The first-order valence-corrected chi connectivity index (χ1v) is 10.1. The van der Waals surface area contributed by atoms with Crippen LogP contribution in [0.3, 0.4) is 0 Å². The van der Waals surface area contributed by atoms with Gasteiger partial charge in [0, 0.05) is 59.7 Å². The SMILES string of the molecule is C1=CC2NC1/C=c1/cc/c([nH]1)=C/N1C=CN(/C=c3/cc/c([nH]3)=C/C3C=CC2N3)C1. The molecule has 6 heterocycles. The van der Waals surface area contributed by atoms with Gasteiger partial charge in [0.2, 0.25) is 0 Å². The molecule has 0 saturated heterocycles. The minimum absolute atomic E-state index is 0.231. The highest BCUT2D eigenvalue weighted by atomic mass is 15.3. The summed E-state index contributed by atoms with van der Waals surface area (Å²) in [5, 5.41) is 11.8. The number of fused-ring (bicyclic) bond motifs is 11. The first kappa shape index (κ1) is 16.7. The Balaban J connectivity index is 1.39. The van der Waals surface area contributed by atoms with Crippen LogP contribution in [-0.2, 0) is 0 Å². The number of nitrogens with zero attached hydrogens (tertiary/aromatic N) is 2. The van der Waals surface area contributed by atoms with Crippen molar-refractivity contribution in [1.82, 2.24) is 30.4 Å². The van der Waals surface area contributed by atoms with E-state index in [4.69, 9.17) is 0 Å². The van der Waals surface area contributed by atoms with Gasteiger partial charge < -0.3 is 19.8 Å². The van der Waals surface area contributed by atoms with Gasteiger partial charge in [0.15, 0.2) is 0 Å². The summed E-state index contributed by atoms with van der Waals surface area (Å²) in [6.45, 7) is 0.791. The van der Waals surface area contributed by atoms with Gasteiger partial charge in [0.1, 0.15) is 0 Å². The topological polar surface area (TPSA) is 62.1 Å². The summed E-state index contributed by atoms with van der Waals surface area (Å²) in [5.41, 5.74) is 0. The fourth-order valence-electron chi connectivity index (χ4n) is 4.37. The summed E-state index contributed by atoms with van der Waals surface area (Å²) in [6.07, 6.45) is 22.0. The number of aromatic amines is 2. The van der Waals surface area contributed by atoms with E-state index in [0.29, 0.717) is 12.1 Å². The zero-order valence-electron chi connectivity index (χ0n) is 16.0. The smallest absolute Gasteiger partial charge is 0.0979 e. The first-order valence-electron chi connectivity index (χ1n) is 10.1. The molecule has 0 amide bonds. The number of hydrogen-bond acceptors (Lipinski definition) is 4. The lowest BCUT2D eigenvalue weighted by Crippen LogP contribution is -2.45. The molecule has 4 N–H and O–H groups in total. The van der Waals surface area contributed by atoms with Gasteiger partial charge in [-0.2, -0.15) is 0 Å². The standard InChI is InChI=1S/C23H24N6/c1-3-20-13-28-9-10-29(15-28)14-21-4-2-17(25-21)12-19-6-8-23(27-19)22-7-5-18(26-22)11-16(1)24-20/h1-14,18-19,22-27H,15H2/b16-11-,17-12-,20-13-,21-14-. The molecular weight excluding hydrogens is 360 g/mol. The van der Waals surface area contributed by atoms with Crippen molar-refractivity contribution in [3.05, 3.63) is 82.4 Å². The lowest BCUT2D eigenvalue weighted by atomic mass is 10.1. The Morgan fingerprint density at radius 1 is 0.621 bits per heavy atom. The lowest BCUT2D eigenvalue weighted by molar-refractivity contribution is 0.436. The van der Waals surface area contributed by atoms with E-state index >= 15 is 0 Å². The molecule has 0 saturated carbocycles. The number of H-pyrrole nitrogens is 2. The highest BCUT2D eigenvalue weighted by molar-refractivity contribution is 5.41. The molecule has 0 fully saturated rings. The van der Waals surface area contributed by atoms with E-state index in [0.717, 1.165) is 28.1 Å². The van der Waals surface area contributed by atoms with Crippen molar-refractivity contribution in [2.45, 2.75) is 24.2 Å². The zero-order chi connectivity index (χ0) is 19.2. The van der Waals surface area contributed by atoms with E-state index in [1.165, 1.54) is 0 Å². The van der Waals surface area contributed by atoms with Crippen LogP contribution in [0.1, 0.15) is 0 Å². The van der Waals surface area contributed by atoms with Crippen LogP contribution in [0.15, 0.2) is 61.0 Å².